The van der Waals surface area contributed by atoms with Crippen molar-refractivity contribution < 1.29 is 23.9 Å². The number of benzene rings is 2. The minimum absolute atomic E-state index is 0.217. The van der Waals surface area contributed by atoms with E-state index in [0.29, 0.717) is 39.8 Å². The Labute approximate surface area is 261 Å². The van der Waals surface area contributed by atoms with Gasteiger partial charge < -0.3 is 9.47 Å². The lowest BCUT2D eigenvalue weighted by atomic mass is 9.73. The number of carbonyl (C=O) groups excluding carboxylic acids is 3. The van der Waals surface area contributed by atoms with Gasteiger partial charge in [0.2, 0.25) is 11.8 Å². The summed E-state index contributed by atoms with van der Waals surface area (Å²) in [6.07, 6.45) is 0.211. The molecule has 2 aliphatic heterocycles. The Morgan fingerprint density at radius 2 is 1.82 bits per heavy atom. The normalized spacial score (nSPS) is 18.7. The van der Waals surface area contributed by atoms with Crippen LogP contribution in [-0.4, -0.2) is 64.7 Å². The number of carbonyl (C=O) groups is 3. The van der Waals surface area contributed by atoms with Gasteiger partial charge in [-0.25, -0.2) is 4.68 Å². The number of rotatable bonds is 8. The van der Waals surface area contributed by atoms with Crippen molar-refractivity contribution in [2.75, 3.05) is 30.5 Å². The van der Waals surface area contributed by atoms with Crippen molar-refractivity contribution in [3.63, 3.8) is 0 Å². The van der Waals surface area contributed by atoms with E-state index in [4.69, 9.17) is 21.1 Å². The highest BCUT2D eigenvalue weighted by Crippen LogP contribution is 2.53. The van der Waals surface area contributed by atoms with Gasteiger partial charge in [-0.1, -0.05) is 28.9 Å². The van der Waals surface area contributed by atoms with Crippen LogP contribution in [0.5, 0.6) is 0 Å². The molecular weight excluding hydrogens is 584 g/mol. The van der Waals surface area contributed by atoms with Crippen LogP contribution in [0.1, 0.15) is 75.9 Å². The summed E-state index contributed by atoms with van der Waals surface area (Å²) >= 11 is 6.45. The SMILES string of the molecule is COC(C)(C)CC(C)(C)OC(=O)CN1C(=O)[C@]2(CC(=O)N(C)c3c2nnn3[C@@H](C)c2ccc(C#N)cc2)c2cc(Cl)ccc21. The molecule has 0 bridgehead atoms. The molecule has 0 saturated carbocycles. The van der Waals surface area contributed by atoms with Crippen LogP contribution in [0.3, 0.4) is 0 Å². The van der Waals surface area contributed by atoms with Crippen molar-refractivity contribution in [3.05, 3.63) is 69.9 Å². The average Bonchev–Trinajstić information content (AvgIpc) is 3.50. The summed E-state index contributed by atoms with van der Waals surface area (Å²) in [6, 6.07) is 13.7. The van der Waals surface area contributed by atoms with E-state index in [2.05, 4.69) is 16.4 Å². The van der Waals surface area contributed by atoms with Crippen molar-refractivity contribution in [1.82, 2.24) is 15.0 Å². The molecule has 2 atom stereocenters. The Balaban J connectivity index is 1.56. The lowest BCUT2D eigenvalue weighted by Crippen LogP contribution is -2.51. The van der Waals surface area contributed by atoms with E-state index in [0.717, 1.165) is 5.56 Å². The molecule has 3 aromatic rings. The number of esters is 1. The maximum Gasteiger partial charge on any atom is 0.326 e. The Morgan fingerprint density at radius 3 is 2.45 bits per heavy atom. The number of fused-ring (bicyclic) bond motifs is 4. The topological polar surface area (TPSA) is 131 Å². The summed E-state index contributed by atoms with van der Waals surface area (Å²) in [5, 5.41) is 18.5. The Kier molecular flexibility index (Phi) is 7.81. The molecule has 2 amide bonds. The molecule has 12 heteroatoms. The molecule has 1 spiro atoms. The molecule has 0 fully saturated rings. The van der Waals surface area contributed by atoms with Crippen LogP contribution < -0.4 is 9.80 Å². The molecular formula is C32H35ClN6O5. The summed E-state index contributed by atoms with van der Waals surface area (Å²) < 4.78 is 13.0. The molecule has 0 unspecified atom stereocenters. The third kappa shape index (κ3) is 5.22. The predicted octanol–water partition coefficient (Wildman–Crippen LogP) is 4.55. The third-order valence-electron chi connectivity index (χ3n) is 8.47. The quantitative estimate of drug-likeness (QED) is 0.336. The molecule has 3 heterocycles. The molecule has 5 rings (SSSR count). The van der Waals surface area contributed by atoms with E-state index >= 15 is 0 Å². The van der Waals surface area contributed by atoms with Gasteiger partial charge in [0.05, 0.1) is 29.7 Å². The fourth-order valence-corrected chi connectivity index (χ4v) is 6.54. The van der Waals surface area contributed by atoms with Crippen LogP contribution in [-0.2, 0) is 29.3 Å². The predicted molar refractivity (Wildman–Crippen MR) is 163 cm³/mol. The minimum atomic E-state index is -1.55. The van der Waals surface area contributed by atoms with Crippen molar-refractivity contribution in [3.8, 4) is 6.07 Å². The fraction of sp³-hybridized carbons (Fsp3) is 0.438. The number of amides is 2. The van der Waals surface area contributed by atoms with Crippen molar-refractivity contribution >= 4 is 40.9 Å². The van der Waals surface area contributed by atoms with E-state index in [9.17, 15) is 19.6 Å². The zero-order valence-electron chi connectivity index (χ0n) is 25.8. The largest absolute Gasteiger partial charge is 0.458 e. The Bertz CT molecular complexity index is 1690. The number of hydrogen-bond donors (Lipinski definition) is 0. The van der Waals surface area contributed by atoms with Gasteiger partial charge in [-0.05, 0) is 76.1 Å². The molecule has 44 heavy (non-hydrogen) atoms. The zero-order valence-corrected chi connectivity index (χ0v) is 26.6. The molecule has 1 aromatic heterocycles. The summed E-state index contributed by atoms with van der Waals surface area (Å²) in [5.74, 6) is -1.04. The average molecular weight is 619 g/mol. The van der Waals surface area contributed by atoms with E-state index in [-0.39, 0.29) is 24.9 Å². The fourth-order valence-electron chi connectivity index (χ4n) is 6.36. The lowest BCUT2D eigenvalue weighted by molar-refractivity contribution is -0.160. The molecule has 230 valence electrons. The number of nitriles is 1. The van der Waals surface area contributed by atoms with Gasteiger partial charge in [0, 0.05) is 31.3 Å². The number of methoxy groups -OCH3 is 1. The smallest absolute Gasteiger partial charge is 0.326 e. The second kappa shape index (κ2) is 11.0. The van der Waals surface area contributed by atoms with Crippen molar-refractivity contribution in [2.24, 2.45) is 0 Å². The Hall–Kier alpha value is -4.27. The van der Waals surface area contributed by atoms with Crippen LogP contribution in [0.15, 0.2) is 42.5 Å². The first-order valence-electron chi connectivity index (χ1n) is 14.3. The van der Waals surface area contributed by atoms with Gasteiger partial charge in [0.1, 0.15) is 23.3 Å². The highest BCUT2D eigenvalue weighted by Gasteiger charge is 2.60. The van der Waals surface area contributed by atoms with Gasteiger partial charge in [0.15, 0.2) is 5.82 Å². The summed E-state index contributed by atoms with van der Waals surface area (Å²) in [4.78, 5) is 44.3. The summed E-state index contributed by atoms with van der Waals surface area (Å²) in [6.45, 7) is 8.91. The third-order valence-corrected chi connectivity index (χ3v) is 8.71. The number of aromatic nitrogens is 3. The highest BCUT2D eigenvalue weighted by molar-refractivity contribution is 6.31. The second-order valence-electron chi connectivity index (χ2n) is 12.6. The number of hydrogen-bond acceptors (Lipinski definition) is 8. The van der Waals surface area contributed by atoms with E-state index in [1.54, 1.807) is 63.0 Å². The maximum absolute atomic E-state index is 14.5. The van der Waals surface area contributed by atoms with E-state index < -0.39 is 28.5 Å². The van der Waals surface area contributed by atoms with Crippen LogP contribution in [0.2, 0.25) is 5.02 Å². The number of halogens is 1. The molecule has 0 saturated heterocycles. The van der Waals surface area contributed by atoms with Crippen molar-refractivity contribution in [1.29, 1.82) is 5.26 Å². The maximum atomic E-state index is 14.5. The van der Waals surface area contributed by atoms with E-state index in [1.165, 1.54) is 9.80 Å². The molecule has 0 aliphatic carbocycles. The van der Waals surface area contributed by atoms with Crippen LogP contribution >= 0.6 is 11.6 Å². The van der Waals surface area contributed by atoms with Gasteiger partial charge in [-0.15, -0.1) is 5.10 Å². The van der Waals surface area contributed by atoms with Crippen molar-refractivity contribution in [2.45, 2.75) is 70.1 Å². The monoisotopic (exact) mass is 618 g/mol. The first-order valence-corrected chi connectivity index (χ1v) is 14.6. The van der Waals surface area contributed by atoms with Crippen LogP contribution in [0.4, 0.5) is 11.5 Å². The minimum Gasteiger partial charge on any atom is -0.458 e. The van der Waals surface area contributed by atoms with Crippen LogP contribution in [0, 0.1) is 11.3 Å². The summed E-state index contributed by atoms with van der Waals surface area (Å²) in [5.41, 5.74) is -0.383. The highest BCUT2D eigenvalue weighted by atomic mass is 35.5. The zero-order chi connectivity index (χ0) is 32.2. The lowest BCUT2D eigenvalue weighted by Gasteiger charge is -2.36. The number of ether oxygens (including phenoxy) is 2. The molecule has 11 nitrogen and oxygen atoms in total. The standard InChI is InChI=1S/C32H35ClN6O5/c1-19(21-10-8-20(16-34)9-11-21)39-28-27(35-36-39)32(15-25(40)37(28)6)23-14-22(33)12-13-24(23)38(29(32)42)17-26(41)44-31(4,5)18-30(2,3)43-7/h8-14,19H,15,17-18H2,1-7H3/t19-,32+/m0/s1. The first-order chi connectivity index (χ1) is 20.6. The van der Waals surface area contributed by atoms with Gasteiger partial charge >= 0.3 is 5.97 Å². The molecule has 0 N–H and O–H groups in total. The number of anilines is 2. The summed E-state index contributed by atoms with van der Waals surface area (Å²) in [7, 11) is 3.22. The van der Waals surface area contributed by atoms with Crippen LogP contribution in [0.25, 0.3) is 0 Å². The second-order valence-corrected chi connectivity index (χ2v) is 13.0. The molecule has 2 aromatic carbocycles. The van der Waals surface area contributed by atoms with Gasteiger partial charge in [0.25, 0.3) is 0 Å². The molecule has 0 radical (unpaired) electrons. The number of nitrogens with zero attached hydrogens (tertiary/aromatic N) is 6. The Morgan fingerprint density at radius 1 is 1.14 bits per heavy atom. The van der Waals surface area contributed by atoms with Gasteiger partial charge in [-0.2, -0.15) is 5.26 Å². The molecule has 2 aliphatic rings. The van der Waals surface area contributed by atoms with E-state index in [1.807, 2.05) is 32.9 Å². The first kappa shape index (κ1) is 31.2. The van der Waals surface area contributed by atoms with Gasteiger partial charge in [-0.3, -0.25) is 24.2 Å².